The Hall–Kier alpha value is -3.38. The number of carboxylic acid groups (broad SMARTS) is 1. The summed E-state index contributed by atoms with van der Waals surface area (Å²) in [6.45, 7) is 2.01. The lowest BCUT2D eigenvalue weighted by Gasteiger charge is -2.08. The van der Waals surface area contributed by atoms with Crippen molar-refractivity contribution < 1.29 is 9.90 Å². The first-order chi connectivity index (χ1) is 14.2. The van der Waals surface area contributed by atoms with Crippen LogP contribution in [0.25, 0.3) is 33.9 Å². The molecule has 0 saturated carbocycles. The van der Waals surface area contributed by atoms with Gasteiger partial charge >= 0.3 is 5.97 Å². The number of aromatic nitrogens is 3. The average molecular weight is 401 g/mol. The second-order valence-electron chi connectivity index (χ2n) is 6.36. The van der Waals surface area contributed by atoms with Gasteiger partial charge in [0.2, 0.25) is 0 Å². The van der Waals surface area contributed by atoms with Gasteiger partial charge in [0.05, 0.1) is 17.0 Å². The first-order valence-electron chi connectivity index (χ1n) is 9.23. The van der Waals surface area contributed by atoms with Gasteiger partial charge in [-0.2, -0.15) is 0 Å². The maximum Gasteiger partial charge on any atom is 0.336 e. The predicted molar refractivity (Wildman–Crippen MR) is 116 cm³/mol. The Balaban J connectivity index is 1.90. The minimum absolute atomic E-state index is 0.291. The van der Waals surface area contributed by atoms with Crippen molar-refractivity contribution in [1.29, 1.82) is 0 Å². The fourth-order valence-corrected chi connectivity index (χ4v) is 3.95. The molecule has 2 aromatic heterocycles. The predicted octanol–water partition coefficient (Wildman–Crippen LogP) is 5.62. The van der Waals surface area contributed by atoms with Crippen LogP contribution in [0.15, 0.2) is 78.0 Å². The first-order valence-corrected chi connectivity index (χ1v) is 10.2. The summed E-state index contributed by atoms with van der Waals surface area (Å²) in [5.41, 5.74) is 4.50. The number of benzene rings is 2. The number of pyridine rings is 1. The monoisotopic (exact) mass is 401 g/mol. The first kappa shape index (κ1) is 19.0. The zero-order valence-corrected chi connectivity index (χ0v) is 16.6. The van der Waals surface area contributed by atoms with E-state index in [4.69, 9.17) is 4.98 Å². The van der Waals surface area contributed by atoms with Crippen molar-refractivity contribution in [2.24, 2.45) is 0 Å². The van der Waals surface area contributed by atoms with Crippen LogP contribution in [0, 0.1) is 0 Å². The van der Waals surface area contributed by atoms with E-state index in [1.807, 2.05) is 61.5 Å². The molecule has 0 atom stereocenters. The minimum atomic E-state index is -0.938. The number of nitrogens with zero attached hydrogens (tertiary/aromatic N) is 2. The SMILES string of the molecule is CCSc1ccc(-c2nc(-c3ccccc3)[nH]c2-c2ccncc2)cc1C(=O)O. The van der Waals surface area contributed by atoms with E-state index in [1.165, 1.54) is 11.8 Å². The number of aromatic carboxylic acids is 1. The number of H-pyrrole nitrogens is 1. The lowest BCUT2D eigenvalue weighted by Crippen LogP contribution is -2.00. The molecule has 0 saturated heterocycles. The third-order valence-electron chi connectivity index (χ3n) is 4.50. The summed E-state index contributed by atoms with van der Waals surface area (Å²) < 4.78 is 0. The third kappa shape index (κ3) is 3.93. The number of rotatable bonds is 6. The van der Waals surface area contributed by atoms with Crippen LogP contribution in [0.1, 0.15) is 17.3 Å². The van der Waals surface area contributed by atoms with Gasteiger partial charge in [0.25, 0.3) is 0 Å². The van der Waals surface area contributed by atoms with E-state index in [9.17, 15) is 9.90 Å². The molecule has 0 unspecified atom stereocenters. The second-order valence-corrected chi connectivity index (χ2v) is 7.67. The average Bonchev–Trinajstić information content (AvgIpc) is 3.21. The molecule has 29 heavy (non-hydrogen) atoms. The van der Waals surface area contributed by atoms with E-state index in [0.717, 1.165) is 38.9 Å². The zero-order chi connectivity index (χ0) is 20.2. The molecule has 2 N–H and O–H groups in total. The summed E-state index contributed by atoms with van der Waals surface area (Å²) >= 11 is 1.52. The molecule has 2 heterocycles. The molecular weight excluding hydrogens is 382 g/mol. The lowest BCUT2D eigenvalue weighted by atomic mass is 10.0. The Kier molecular flexibility index (Phi) is 5.44. The second kappa shape index (κ2) is 8.32. The van der Waals surface area contributed by atoms with Crippen LogP contribution in [0.5, 0.6) is 0 Å². The molecule has 144 valence electrons. The maximum absolute atomic E-state index is 11.8. The fourth-order valence-electron chi connectivity index (χ4n) is 3.17. The third-order valence-corrected chi connectivity index (χ3v) is 5.46. The van der Waals surface area contributed by atoms with Gasteiger partial charge in [0, 0.05) is 34.0 Å². The molecule has 4 aromatic rings. The Morgan fingerprint density at radius 3 is 2.45 bits per heavy atom. The summed E-state index contributed by atoms with van der Waals surface area (Å²) in [5, 5.41) is 9.68. The normalized spacial score (nSPS) is 10.8. The molecular formula is C23H19N3O2S. The molecule has 2 aromatic carbocycles. The zero-order valence-electron chi connectivity index (χ0n) is 15.8. The molecule has 5 nitrogen and oxygen atoms in total. The highest BCUT2D eigenvalue weighted by Gasteiger charge is 2.18. The molecule has 0 aliphatic rings. The Bertz CT molecular complexity index is 1140. The highest BCUT2D eigenvalue weighted by Crippen LogP contribution is 2.35. The highest BCUT2D eigenvalue weighted by molar-refractivity contribution is 7.99. The molecule has 0 amide bonds. The number of carbonyl (C=O) groups is 1. The van der Waals surface area contributed by atoms with Crippen molar-refractivity contribution >= 4 is 17.7 Å². The summed E-state index contributed by atoms with van der Waals surface area (Å²) in [6.07, 6.45) is 3.46. The molecule has 0 radical (unpaired) electrons. The molecule has 0 aliphatic carbocycles. The standard InChI is InChI=1S/C23H19N3O2S/c1-2-29-19-9-8-17(14-18(19)23(27)28)21-20(15-10-12-24-13-11-15)25-22(26-21)16-6-4-3-5-7-16/h3-14H,2H2,1H3,(H,25,26)(H,27,28). The van der Waals surface area contributed by atoms with E-state index >= 15 is 0 Å². The van der Waals surface area contributed by atoms with Gasteiger partial charge in [-0.15, -0.1) is 11.8 Å². The Morgan fingerprint density at radius 2 is 1.76 bits per heavy atom. The maximum atomic E-state index is 11.8. The van der Waals surface area contributed by atoms with Gasteiger partial charge in [-0.25, -0.2) is 9.78 Å². The summed E-state index contributed by atoms with van der Waals surface area (Å²) in [5.74, 6) is 0.603. The number of thioether (sulfide) groups is 1. The minimum Gasteiger partial charge on any atom is -0.478 e. The number of carboxylic acids is 1. The quantitative estimate of drug-likeness (QED) is 0.410. The van der Waals surface area contributed by atoms with Crippen LogP contribution in [-0.4, -0.2) is 31.8 Å². The molecule has 0 spiro atoms. The van der Waals surface area contributed by atoms with Crippen LogP contribution in [-0.2, 0) is 0 Å². The lowest BCUT2D eigenvalue weighted by molar-refractivity contribution is 0.0693. The smallest absolute Gasteiger partial charge is 0.336 e. The van der Waals surface area contributed by atoms with Gasteiger partial charge in [0.1, 0.15) is 5.82 Å². The molecule has 0 bridgehead atoms. The van der Waals surface area contributed by atoms with E-state index < -0.39 is 5.97 Å². The summed E-state index contributed by atoms with van der Waals surface area (Å²) in [4.78, 5) is 24.9. The van der Waals surface area contributed by atoms with Gasteiger partial charge in [-0.1, -0.05) is 43.3 Å². The van der Waals surface area contributed by atoms with Gasteiger partial charge in [0.15, 0.2) is 0 Å². The van der Waals surface area contributed by atoms with E-state index in [0.29, 0.717) is 11.3 Å². The Labute approximate surface area is 172 Å². The van der Waals surface area contributed by atoms with Crippen LogP contribution in [0.4, 0.5) is 0 Å². The van der Waals surface area contributed by atoms with Crippen molar-refractivity contribution in [2.45, 2.75) is 11.8 Å². The Morgan fingerprint density at radius 1 is 1.00 bits per heavy atom. The van der Waals surface area contributed by atoms with Crippen LogP contribution in [0.2, 0.25) is 0 Å². The number of imidazole rings is 1. The van der Waals surface area contributed by atoms with E-state index in [2.05, 4.69) is 9.97 Å². The van der Waals surface area contributed by atoms with Crippen molar-refractivity contribution in [3.8, 4) is 33.9 Å². The van der Waals surface area contributed by atoms with Crippen molar-refractivity contribution in [3.05, 3.63) is 78.6 Å². The molecule has 4 rings (SSSR count). The molecule has 0 fully saturated rings. The number of aromatic amines is 1. The van der Waals surface area contributed by atoms with Gasteiger partial charge < -0.3 is 10.1 Å². The van der Waals surface area contributed by atoms with Crippen LogP contribution >= 0.6 is 11.8 Å². The van der Waals surface area contributed by atoms with Crippen LogP contribution < -0.4 is 0 Å². The van der Waals surface area contributed by atoms with E-state index in [1.54, 1.807) is 18.5 Å². The van der Waals surface area contributed by atoms with Gasteiger partial charge in [-0.05, 0) is 30.0 Å². The number of nitrogens with one attached hydrogen (secondary N) is 1. The van der Waals surface area contributed by atoms with Crippen molar-refractivity contribution in [1.82, 2.24) is 15.0 Å². The summed E-state index contributed by atoms with van der Waals surface area (Å²) in [6, 6.07) is 19.2. The van der Waals surface area contributed by atoms with Crippen molar-refractivity contribution in [2.75, 3.05) is 5.75 Å². The molecule has 0 aliphatic heterocycles. The van der Waals surface area contributed by atoms with Gasteiger partial charge in [-0.3, -0.25) is 4.98 Å². The fraction of sp³-hybridized carbons (Fsp3) is 0.0870. The van der Waals surface area contributed by atoms with E-state index in [-0.39, 0.29) is 0 Å². The highest BCUT2D eigenvalue weighted by atomic mass is 32.2. The van der Waals surface area contributed by atoms with Crippen LogP contribution in [0.3, 0.4) is 0 Å². The largest absolute Gasteiger partial charge is 0.478 e. The number of hydrogen-bond acceptors (Lipinski definition) is 4. The number of hydrogen-bond donors (Lipinski definition) is 2. The van der Waals surface area contributed by atoms with Crippen molar-refractivity contribution in [3.63, 3.8) is 0 Å². The summed E-state index contributed by atoms with van der Waals surface area (Å²) in [7, 11) is 0. The topological polar surface area (TPSA) is 78.9 Å². The molecule has 6 heteroatoms.